The highest BCUT2D eigenvalue weighted by Gasteiger charge is 2.37. The van der Waals surface area contributed by atoms with Crippen molar-refractivity contribution in [1.82, 2.24) is 30.4 Å². The second-order valence-electron chi connectivity index (χ2n) is 7.05. The monoisotopic (exact) mass is 340 g/mol. The lowest BCUT2D eigenvalue weighted by molar-refractivity contribution is 0.126. The zero-order valence-corrected chi connectivity index (χ0v) is 14.5. The smallest absolute Gasteiger partial charge is 0.318 e. The Kier molecular flexibility index (Phi) is 4.38. The summed E-state index contributed by atoms with van der Waals surface area (Å²) in [7, 11) is 0. The number of aromatic nitrogens is 4. The highest BCUT2D eigenvalue weighted by molar-refractivity contribution is 5.75. The van der Waals surface area contributed by atoms with Gasteiger partial charge in [0.25, 0.3) is 0 Å². The molecule has 2 heterocycles. The van der Waals surface area contributed by atoms with Crippen LogP contribution in [0.25, 0.3) is 5.69 Å². The van der Waals surface area contributed by atoms with Gasteiger partial charge in [-0.3, -0.25) is 0 Å². The fraction of sp³-hybridized carbons (Fsp3) is 0.556. The molecule has 3 atom stereocenters. The maximum atomic E-state index is 12.8. The Hall–Kier alpha value is -2.44. The normalized spacial score (nSPS) is 24.0. The number of nitrogens with one attached hydrogen (secondary N) is 1. The second kappa shape index (κ2) is 6.82. The zero-order chi connectivity index (χ0) is 17.2. The minimum absolute atomic E-state index is 0.00621. The van der Waals surface area contributed by atoms with Crippen LogP contribution in [0.15, 0.2) is 30.3 Å². The van der Waals surface area contributed by atoms with Gasteiger partial charge in [-0.1, -0.05) is 24.6 Å². The van der Waals surface area contributed by atoms with Crippen molar-refractivity contribution in [2.24, 2.45) is 5.92 Å². The molecule has 0 unspecified atom stereocenters. The molecule has 2 aliphatic rings. The van der Waals surface area contributed by atoms with Crippen LogP contribution in [0.4, 0.5) is 4.79 Å². The molecule has 7 heteroatoms. The molecule has 25 heavy (non-hydrogen) atoms. The summed E-state index contributed by atoms with van der Waals surface area (Å²) in [4.78, 5) is 14.9. The molecule has 0 radical (unpaired) electrons. The standard InChI is InChI=1S/C18H24N6O/c1-13(17-20-21-22-24(17)15-9-3-2-4-10-15)19-18(25)23-12-6-8-14-7-5-11-16(14)23/h2-4,9-10,13-14,16H,5-8,11-12H2,1H3,(H,19,25)/t13-,14-,16+/m0/s1. The Balaban J connectivity index is 1.48. The predicted molar refractivity (Wildman–Crippen MR) is 93.2 cm³/mol. The zero-order valence-electron chi connectivity index (χ0n) is 14.5. The number of urea groups is 1. The summed E-state index contributed by atoms with van der Waals surface area (Å²) in [6.45, 7) is 2.78. The number of hydrogen-bond donors (Lipinski definition) is 1. The summed E-state index contributed by atoms with van der Waals surface area (Å²) in [6.07, 6.45) is 5.99. The van der Waals surface area contributed by atoms with Crippen LogP contribution in [0.1, 0.15) is 50.9 Å². The number of hydrogen-bond acceptors (Lipinski definition) is 4. The molecule has 1 aliphatic carbocycles. The van der Waals surface area contributed by atoms with Crippen molar-refractivity contribution in [3.8, 4) is 5.69 Å². The highest BCUT2D eigenvalue weighted by atomic mass is 16.2. The Morgan fingerprint density at radius 2 is 2.00 bits per heavy atom. The van der Waals surface area contributed by atoms with Gasteiger partial charge in [0.15, 0.2) is 5.82 Å². The maximum Gasteiger partial charge on any atom is 0.318 e. The minimum atomic E-state index is -0.260. The first-order chi connectivity index (χ1) is 12.2. The first kappa shape index (κ1) is 16.1. The largest absolute Gasteiger partial charge is 0.328 e. The van der Waals surface area contributed by atoms with E-state index in [0.717, 1.165) is 25.1 Å². The summed E-state index contributed by atoms with van der Waals surface area (Å²) in [5.74, 6) is 1.32. The molecule has 4 rings (SSSR count). The van der Waals surface area contributed by atoms with E-state index in [1.165, 1.54) is 19.3 Å². The number of nitrogens with zero attached hydrogens (tertiary/aromatic N) is 5. The average Bonchev–Trinajstić information content (AvgIpc) is 3.31. The van der Waals surface area contributed by atoms with E-state index in [0.29, 0.717) is 17.8 Å². The number of likely N-dealkylation sites (tertiary alicyclic amines) is 1. The number of benzene rings is 1. The van der Waals surface area contributed by atoms with Gasteiger partial charge in [-0.25, -0.2) is 4.79 Å². The Morgan fingerprint density at radius 3 is 2.84 bits per heavy atom. The van der Waals surface area contributed by atoms with Crippen molar-refractivity contribution < 1.29 is 4.79 Å². The van der Waals surface area contributed by atoms with Crippen LogP contribution in [-0.2, 0) is 0 Å². The highest BCUT2D eigenvalue weighted by Crippen LogP contribution is 2.36. The number of carbonyl (C=O) groups excluding carboxylic acids is 1. The van der Waals surface area contributed by atoms with Crippen molar-refractivity contribution in [3.05, 3.63) is 36.2 Å². The van der Waals surface area contributed by atoms with Crippen LogP contribution in [-0.4, -0.2) is 43.7 Å². The molecule has 0 bridgehead atoms. The van der Waals surface area contributed by atoms with Gasteiger partial charge in [0.2, 0.25) is 0 Å². The molecule has 0 spiro atoms. The van der Waals surface area contributed by atoms with E-state index < -0.39 is 0 Å². The molecule has 2 amide bonds. The molecule has 2 aromatic rings. The Morgan fingerprint density at radius 1 is 1.20 bits per heavy atom. The molecule has 1 aromatic heterocycles. The molecular formula is C18H24N6O. The number of fused-ring (bicyclic) bond motifs is 1. The number of para-hydroxylation sites is 1. The van der Waals surface area contributed by atoms with Crippen LogP contribution in [0.5, 0.6) is 0 Å². The molecule has 1 saturated carbocycles. The van der Waals surface area contributed by atoms with Crippen LogP contribution < -0.4 is 5.32 Å². The van der Waals surface area contributed by atoms with Gasteiger partial charge >= 0.3 is 6.03 Å². The molecule has 132 valence electrons. The van der Waals surface area contributed by atoms with Crippen molar-refractivity contribution in [2.45, 2.75) is 51.1 Å². The third-order valence-electron chi connectivity index (χ3n) is 5.48. The van der Waals surface area contributed by atoms with Crippen molar-refractivity contribution in [3.63, 3.8) is 0 Å². The van der Waals surface area contributed by atoms with Crippen molar-refractivity contribution in [2.75, 3.05) is 6.54 Å². The van der Waals surface area contributed by atoms with E-state index in [9.17, 15) is 4.79 Å². The molecular weight excluding hydrogens is 316 g/mol. The van der Waals surface area contributed by atoms with E-state index in [-0.39, 0.29) is 12.1 Å². The summed E-state index contributed by atoms with van der Waals surface area (Å²) in [5, 5.41) is 15.1. The van der Waals surface area contributed by atoms with Gasteiger partial charge in [0.1, 0.15) is 0 Å². The van der Waals surface area contributed by atoms with Gasteiger partial charge in [-0.15, -0.1) is 5.10 Å². The lowest BCUT2D eigenvalue weighted by atomic mass is 9.92. The second-order valence-corrected chi connectivity index (χ2v) is 7.05. The molecule has 1 aliphatic heterocycles. The van der Waals surface area contributed by atoms with E-state index in [1.807, 2.05) is 42.2 Å². The van der Waals surface area contributed by atoms with Gasteiger partial charge in [0.05, 0.1) is 11.7 Å². The van der Waals surface area contributed by atoms with E-state index in [2.05, 4.69) is 20.8 Å². The van der Waals surface area contributed by atoms with E-state index in [4.69, 9.17) is 0 Å². The lowest BCUT2D eigenvalue weighted by Gasteiger charge is -2.38. The summed E-state index contributed by atoms with van der Waals surface area (Å²) < 4.78 is 1.68. The van der Waals surface area contributed by atoms with Crippen LogP contribution >= 0.6 is 0 Å². The molecule has 1 aromatic carbocycles. The van der Waals surface area contributed by atoms with Gasteiger partial charge in [-0.05, 0) is 61.1 Å². The quantitative estimate of drug-likeness (QED) is 0.932. The molecule has 1 N–H and O–H groups in total. The van der Waals surface area contributed by atoms with E-state index >= 15 is 0 Å². The third kappa shape index (κ3) is 3.10. The molecule has 7 nitrogen and oxygen atoms in total. The molecule has 2 fully saturated rings. The summed E-state index contributed by atoms with van der Waals surface area (Å²) in [5.41, 5.74) is 0.887. The average molecular weight is 340 g/mol. The Bertz CT molecular complexity index is 730. The van der Waals surface area contributed by atoms with Crippen LogP contribution in [0, 0.1) is 5.92 Å². The third-order valence-corrected chi connectivity index (χ3v) is 5.48. The fourth-order valence-corrected chi connectivity index (χ4v) is 4.26. The summed E-state index contributed by atoms with van der Waals surface area (Å²) in [6, 6.07) is 9.88. The topological polar surface area (TPSA) is 75.9 Å². The van der Waals surface area contributed by atoms with Crippen molar-refractivity contribution in [1.29, 1.82) is 0 Å². The minimum Gasteiger partial charge on any atom is -0.328 e. The van der Waals surface area contributed by atoms with Gasteiger partial charge in [0, 0.05) is 12.6 Å². The SMILES string of the molecule is C[C@H](NC(=O)N1CCC[C@@H]2CCC[C@H]21)c1nnnn1-c1ccccc1. The predicted octanol–water partition coefficient (Wildman–Crippen LogP) is 2.70. The van der Waals surface area contributed by atoms with E-state index in [1.54, 1.807) is 4.68 Å². The number of tetrazole rings is 1. The van der Waals surface area contributed by atoms with Crippen LogP contribution in [0.3, 0.4) is 0 Å². The maximum absolute atomic E-state index is 12.8. The number of piperidine rings is 1. The number of carbonyl (C=O) groups is 1. The Labute approximate surface area is 147 Å². The molecule has 1 saturated heterocycles. The summed E-state index contributed by atoms with van der Waals surface area (Å²) >= 11 is 0. The lowest BCUT2D eigenvalue weighted by Crippen LogP contribution is -2.51. The fourth-order valence-electron chi connectivity index (χ4n) is 4.26. The van der Waals surface area contributed by atoms with Crippen LogP contribution in [0.2, 0.25) is 0 Å². The number of amides is 2. The van der Waals surface area contributed by atoms with Gasteiger partial charge in [-0.2, -0.15) is 4.68 Å². The van der Waals surface area contributed by atoms with Crippen molar-refractivity contribution >= 4 is 6.03 Å². The first-order valence-electron chi connectivity index (χ1n) is 9.15. The first-order valence-corrected chi connectivity index (χ1v) is 9.15. The number of rotatable bonds is 3. The van der Waals surface area contributed by atoms with Gasteiger partial charge < -0.3 is 10.2 Å².